The number of thiol groups is 1. The molecule has 0 heterocycles. The van der Waals surface area contributed by atoms with Crippen molar-refractivity contribution in [1.82, 2.24) is 10.9 Å². The van der Waals surface area contributed by atoms with Crippen LogP contribution >= 0.6 is 36.4 Å². The molecule has 0 saturated carbocycles. The van der Waals surface area contributed by atoms with Crippen LogP contribution in [0.1, 0.15) is 11.1 Å². The quantitative estimate of drug-likeness (QED) is 0.174. The Morgan fingerprint density at radius 1 is 1.16 bits per heavy atom. The third kappa shape index (κ3) is 14.2. The molecule has 6 N–H and O–H groups in total. The van der Waals surface area contributed by atoms with Gasteiger partial charge in [-0.1, -0.05) is 66.7 Å². The topological polar surface area (TPSA) is 102 Å². The van der Waals surface area contributed by atoms with Crippen molar-refractivity contribution in [2.24, 2.45) is 11.7 Å². The molecule has 1 amide bonds. The predicted molar refractivity (Wildman–Crippen MR) is 109 cm³/mol. The second-order valence-corrected chi connectivity index (χ2v) is 5.67. The van der Waals surface area contributed by atoms with Crippen molar-refractivity contribution in [2.75, 3.05) is 0 Å². The average molecular weight is 401 g/mol. The lowest BCUT2D eigenvalue weighted by atomic mass is 10.2. The SMILES string of the molecule is Cc1cccc(Cl)c1.NNC(=O)S.NNC(=S)OCc1ccccc1. The number of halogens is 1. The van der Waals surface area contributed by atoms with E-state index < -0.39 is 5.24 Å². The lowest BCUT2D eigenvalue weighted by Gasteiger charge is -2.05. The second kappa shape index (κ2) is 14.5. The molecule has 9 heteroatoms. The number of aryl methyl sites for hydroxylation is 1. The van der Waals surface area contributed by atoms with E-state index in [2.05, 4.69) is 23.9 Å². The van der Waals surface area contributed by atoms with Crippen molar-refractivity contribution in [3.63, 3.8) is 0 Å². The Hall–Kier alpha value is -1.84. The Morgan fingerprint density at radius 3 is 2.16 bits per heavy atom. The van der Waals surface area contributed by atoms with Gasteiger partial charge >= 0.3 is 0 Å². The van der Waals surface area contributed by atoms with Gasteiger partial charge in [0.1, 0.15) is 6.61 Å². The highest BCUT2D eigenvalue weighted by Gasteiger charge is 1.93. The third-order valence-electron chi connectivity index (χ3n) is 2.43. The molecule has 2 aromatic rings. The molecule has 0 atom stereocenters. The number of thiocarbonyl (C=S) groups is 1. The number of rotatable bonds is 2. The summed E-state index contributed by atoms with van der Waals surface area (Å²) in [5, 5.41) is 0.494. The molecule has 2 aromatic carbocycles. The summed E-state index contributed by atoms with van der Waals surface area (Å²) < 4.78 is 5.07. The van der Waals surface area contributed by atoms with Crippen LogP contribution in [0.15, 0.2) is 54.6 Å². The molecule has 6 nitrogen and oxygen atoms in total. The summed E-state index contributed by atoms with van der Waals surface area (Å²) in [6.45, 7) is 2.47. The normalized spacial score (nSPS) is 8.68. The number of hydrogen-bond acceptors (Lipinski definition) is 5. The fourth-order valence-electron chi connectivity index (χ4n) is 1.37. The van der Waals surface area contributed by atoms with Crippen molar-refractivity contribution < 1.29 is 9.53 Å². The standard InChI is InChI=1S/C8H10N2OS.C7H7Cl.CH4N2OS/c9-10-8(12)11-6-7-4-2-1-3-5-7;1-6-3-2-4-7(8)5-6;2-3-1(4)5/h1-5H,6,9H2,(H,10,12);2-5H,1H3;2H2,(H2,3,4,5). The van der Waals surface area contributed by atoms with Crippen LogP contribution in [0.25, 0.3) is 0 Å². The van der Waals surface area contributed by atoms with Crippen LogP contribution in [-0.2, 0) is 11.3 Å². The van der Waals surface area contributed by atoms with Crippen LogP contribution in [0, 0.1) is 6.92 Å². The van der Waals surface area contributed by atoms with Gasteiger partial charge in [0.25, 0.3) is 10.4 Å². The first-order valence-corrected chi connectivity index (χ1v) is 8.21. The number of ether oxygens (including phenoxy) is 1. The maximum atomic E-state index is 9.44. The minimum absolute atomic E-state index is 0.207. The molecular weight excluding hydrogens is 380 g/mol. The van der Waals surface area contributed by atoms with E-state index in [-0.39, 0.29) is 5.17 Å². The Kier molecular flexibility index (Phi) is 13.4. The fourth-order valence-corrected chi connectivity index (χ4v) is 1.67. The number of amides is 1. The lowest BCUT2D eigenvalue weighted by Crippen LogP contribution is -2.30. The average Bonchev–Trinajstić information content (AvgIpc) is 2.61. The van der Waals surface area contributed by atoms with E-state index in [1.165, 1.54) is 5.56 Å². The largest absolute Gasteiger partial charge is 0.465 e. The van der Waals surface area contributed by atoms with Gasteiger partial charge in [0.05, 0.1) is 0 Å². The molecule has 0 fully saturated rings. The van der Waals surface area contributed by atoms with Gasteiger partial charge in [-0.15, -0.1) is 0 Å². The van der Waals surface area contributed by atoms with E-state index in [0.29, 0.717) is 6.61 Å². The van der Waals surface area contributed by atoms with E-state index >= 15 is 0 Å². The lowest BCUT2D eigenvalue weighted by molar-refractivity contribution is 0.261. The highest BCUT2D eigenvalue weighted by atomic mass is 35.5. The van der Waals surface area contributed by atoms with Gasteiger partial charge in [-0.05, 0) is 42.4 Å². The maximum Gasteiger partial charge on any atom is 0.289 e. The van der Waals surface area contributed by atoms with E-state index in [0.717, 1.165) is 10.6 Å². The van der Waals surface area contributed by atoms with Crippen molar-refractivity contribution >= 4 is 46.9 Å². The second-order valence-electron chi connectivity index (χ2n) is 4.45. The monoisotopic (exact) mass is 400 g/mol. The molecular formula is C16H21ClN4O2S2. The van der Waals surface area contributed by atoms with Gasteiger partial charge in [0.2, 0.25) is 0 Å². The van der Waals surface area contributed by atoms with Gasteiger partial charge < -0.3 is 4.74 Å². The van der Waals surface area contributed by atoms with Gasteiger partial charge in [0.15, 0.2) is 0 Å². The summed E-state index contributed by atoms with van der Waals surface area (Å²) in [7, 11) is 0. The van der Waals surface area contributed by atoms with E-state index in [9.17, 15) is 4.79 Å². The number of carbonyl (C=O) groups excluding carboxylic acids is 1. The van der Waals surface area contributed by atoms with Crippen molar-refractivity contribution in [3.8, 4) is 0 Å². The van der Waals surface area contributed by atoms with Crippen molar-refractivity contribution in [3.05, 3.63) is 70.7 Å². The Bertz CT molecular complexity index is 628. The molecule has 0 aromatic heterocycles. The summed E-state index contributed by atoms with van der Waals surface area (Å²) in [6.07, 6.45) is 0. The molecule has 0 aliphatic carbocycles. The number of nitrogens with one attached hydrogen (secondary N) is 2. The first kappa shape index (κ1) is 23.2. The minimum Gasteiger partial charge on any atom is -0.465 e. The molecule has 0 spiro atoms. The van der Waals surface area contributed by atoms with E-state index in [1.807, 2.05) is 61.5 Å². The first-order valence-electron chi connectivity index (χ1n) is 6.98. The zero-order valence-corrected chi connectivity index (χ0v) is 16.1. The van der Waals surface area contributed by atoms with Crippen molar-refractivity contribution in [1.29, 1.82) is 0 Å². The third-order valence-corrected chi connectivity index (χ3v) is 3.03. The van der Waals surface area contributed by atoms with Gasteiger partial charge in [0, 0.05) is 5.02 Å². The smallest absolute Gasteiger partial charge is 0.289 e. The van der Waals surface area contributed by atoms with E-state index in [4.69, 9.17) is 34.4 Å². The number of hydrogen-bond donors (Lipinski definition) is 5. The van der Waals surface area contributed by atoms with Gasteiger partial charge in [-0.25, -0.2) is 11.7 Å². The highest BCUT2D eigenvalue weighted by Crippen LogP contribution is 2.08. The van der Waals surface area contributed by atoms with Crippen LogP contribution in [0.2, 0.25) is 5.02 Å². The van der Waals surface area contributed by atoms with Crippen LogP contribution in [-0.4, -0.2) is 10.4 Å². The van der Waals surface area contributed by atoms with Crippen LogP contribution in [0.3, 0.4) is 0 Å². The highest BCUT2D eigenvalue weighted by molar-refractivity contribution is 7.96. The molecule has 0 bridgehead atoms. The fraction of sp³-hybridized carbons (Fsp3) is 0.125. The molecule has 0 radical (unpaired) electrons. The minimum atomic E-state index is -0.523. The van der Waals surface area contributed by atoms with Crippen molar-refractivity contribution in [2.45, 2.75) is 13.5 Å². The summed E-state index contributed by atoms with van der Waals surface area (Å²) in [5.41, 5.74) is 6.27. The maximum absolute atomic E-state index is 9.44. The number of benzene rings is 2. The molecule has 136 valence electrons. The Labute approximate surface area is 163 Å². The number of hydrazine groups is 2. The molecule has 0 unspecified atom stereocenters. The Morgan fingerprint density at radius 2 is 1.76 bits per heavy atom. The van der Waals surface area contributed by atoms with Gasteiger partial charge in [-0.3, -0.25) is 15.6 Å². The number of carbonyl (C=O) groups is 1. The zero-order chi connectivity index (χ0) is 19.1. The summed E-state index contributed by atoms with van der Waals surface area (Å²) in [5.74, 6) is 9.52. The molecule has 25 heavy (non-hydrogen) atoms. The summed E-state index contributed by atoms with van der Waals surface area (Å²) >= 11 is 13.6. The van der Waals surface area contributed by atoms with Crippen LogP contribution < -0.4 is 22.5 Å². The molecule has 0 aliphatic rings. The number of nitrogens with two attached hydrogens (primary N) is 2. The predicted octanol–water partition coefficient (Wildman–Crippen LogP) is 3.10. The Balaban J connectivity index is 0.000000382. The van der Waals surface area contributed by atoms with Crippen LogP contribution in [0.5, 0.6) is 0 Å². The summed E-state index contributed by atoms with van der Waals surface area (Å²) in [6, 6.07) is 17.5. The molecule has 2 rings (SSSR count). The van der Waals surface area contributed by atoms with Gasteiger partial charge in [-0.2, -0.15) is 0 Å². The molecule has 0 aliphatic heterocycles. The van der Waals surface area contributed by atoms with E-state index in [1.54, 1.807) is 5.43 Å². The molecule has 0 saturated heterocycles. The summed E-state index contributed by atoms with van der Waals surface area (Å²) in [4.78, 5) is 9.44. The zero-order valence-electron chi connectivity index (χ0n) is 13.6. The van der Waals surface area contributed by atoms with Crippen LogP contribution in [0.4, 0.5) is 4.79 Å². The first-order chi connectivity index (χ1) is 11.9.